The molecule has 0 aliphatic rings. The van der Waals surface area contributed by atoms with Gasteiger partial charge in [0.1, 0.15) is 0 Å². The van der Waals surface area contributed by atoms with Crippen molar-refractivity contribution in [3.8, 4) is 0 Å². The first-order valence-electron chi connectivity index (χ1n) is 8.47. The van der Waals surface area contributed by atoms with Crippen LogP contribution < -0.4 is 5.32 Å². The minimum absolute atomic E-state index is 0.515. The molecule has 0 heterocycles. The standard InChI is InChI=1S/C19H33N/c1-6-9-17(10-7-2)19(20-8-3)18-13-11-16(12-14-18)15(4)5/h11-15,17,19-20H,6-10H2,1-5H3. The zero-order valence-electron chi connectivity index (χ0n) is 14.1. The van der Waals surface area contributed by atoms with E-state index >= 15 is 0 Å². The molecule has 1 N–H and O–H groups in total. The molecule has 0 saturated heterocycles. The van der Waals surface area contributed by atoms with Gasteiger partial charge in [-0.05, 0) is 42.3 Å². The van der Waals surface area contributed by atoms with Crippen LogP contribution >= 0.6 is 0 Å². The highest BCUT2D eigenvalue weighted by molar-refractivity contribution is 5.27. The molecule has 0 aliphatic heterocycles. The zero-order chi connectivity index (χ0) is 15.0. The van der Waals surface area contributed by atoms with Crippen molar-refractivity contribution in [3.63, 3.8) is 0 Å². The largest absolute Gasteiger partial charge is 0.310 e. The van der Waals surface area contributed by atoms with Gasteiger partial charge in [0, 0.05) is 6.04 Å². The molecule has 0 bridgehead atoms. The van der Waals surface area contributed by atoms with E-state index in [4.69, 9.17) is 0 Å². The molecule has 1 aromatic rings. The van der Waals surface area contributed by atoms with Gasteiger partial charge < -0.3 is 5.32 Å². The second-order valence-electron chi connectivity index (χ2n) is 6.19. The van der Waals surface area contributed by atoms with Gasteiger partial charge in [0.25, 0.3) is 0 Å². The molecule has 1 rings (SSSR count). The van der Waals surface area contributed by atoms with Crippen LogP contribution in [0.15, 0.2) is 24.3 Å². The van der Waals surface area contributed by atoms with Crippen molar-refractivity contribution in [2.45, 2.75) is 72.3 Å². The molecule has 1 nitrogen and oxygen atoms in total. The van der Waals surface area contributed by atoms with E-state index in [2.05, 4.69) is 64.2 Å². The van der Waals surface area contributed by atoms with Crippen molar-refractivity contribution in [3.05, 3.63) is 35.4 Å². The lowest BCUT2D eigenvalue weighted by Gasteiger charge is -2.28. The summed E-state index contributed by atoms with van der Waals surface area (Å²) >= 11 is 0. The lowest BCUT2D eigenvalue weighted by atomic mass is 9.85. The molecule has 114 valence electrons. The highest BCUT2D eigenvalue weighted by Crippen LogP contribution is 2.30. The second-order valence-corrected chi connectivity index (χ2v) is 6.19. The summed E-state index contributed by atoms with van der Waals surface area (Å²) in [6.07, 6.45) is 5.18. The molecule has 1 heteroatoms. The van der Waals surface area contributed by atoms with Crippen molar-refractivity contribution < 1.29 is 0 Å². The molecular weight excluding hydrogens is 242 g/mol. The smallest absolute Gasteiger partial charge is 0.0348 e. The highest BCUT2D eigenvalue weighted by atomic mass is 14.9. The molecular formula is C19H33N. The topological polar surface area (TPSA) is 12.0 Å². The summed E-state index contributed by atoms with van der Waals surface area (Å²) < 4.78 is 0. The van der Waals surface area contributed by atoms with Crippen molar-refractivity contribution in [2.24, 2.45) is 5.92 Å². The molecule has 0 saturated carbocycles. The maximum atomic E-state index is 3.72. The lowest BCUT2D eigenvalue weighted by molar-refractivity contribution is 0.320. The van der Waals surface area contributed by atoms with Crippen LogP contribution in [-0.2, 0) is 0 Å². The summed E-state index contributed by atoms with van der Waals surface area (Å²) in [7, 11) is 0. The SMILES string of the molecule is CCCC(CCC)C(NCC)c1ccc(C(C)C)cc1. The van der Waals surface area contributed by atoms with Gasteiger partial charge in [0.15, 0.2) is 0 Å². The van der Waals surface area contributed by atoms with E-state index in [1.165, 1.54) is 36.8 Å². The van der Waals surface area contributed by atoms with E-state index in [9.17, 15) is 0 Å². The van der Waals surface area contributed by atoms with E-state index in [1.54, 1.807) is 0 Å². The van der Waals surface area contributed by atoms with E-state index in [-0.39, 0.29) is 0 Å². The lowest BCUT2D eigenvalue weighted by Crippen LogP contribution is -2.28. The number of hydrogen-bond acceptors (Lipinski definition) is 1. The van der Waals surface area contributed by atoms with Gasteiger partial charge in [0.05, 0.1) is 0 Å². The average molecular weight is 275 g/mol. The number of rotatable bonds is 9. The summed E-state index contributed by atoms with van der Waals surface area (Å²) in [6.45, 7) is 12.4. The van der Waals surface area contributed by atoms with Gasteiger partial charge >= 0.3 is 0 Å². The van der Waals surface area contributed by atoms with E-state index < -0.39 is 0 Å². The van der Waals surface area contributed by atoms with E-state index in [0.717, 1.165) is 12.5 Å². The number of nitrogens with one attached hydrogen (secondary N) is 1. The minimum Gasteiger partial charge on any atom is -0.310 e. The molecule has 20 heavy (non-hydrogen) atoms. The zero-order valence-corrected chi connectivity index (χ0v) is 14.1. The van der Waals surface area contributed by atoms with Gasteiger partial charge in [-0.2, -0.15) is 0 Å². The fourth-order valence-corrected chi connectivity index (χ4v) is 3.08. The fraction of sp³-hybridized carbons (Fsp3) is 0.684. The molecule has 0 spiro atoms. The number of benzene rings is 1. The molecule has 1 aromatic carbocycles. The van der Waals surface area contributed by atoms with Crippen molar-refractivity contribution >= 4 is 0 Å². The minimum atomic E-state index is 0.515. The molecule has 1 unspecified atom stereocenters. The predicted octanol–water partition coefficient (Wildman–Crippen LogP) is 5.68. The first-order chi connectivity index (χ1) is 9.63. The summed E-state index contributed by atoms with van der Waals surface area (Å²) in [5, 5.41) is 3.72. The first kappa shape index (κ1) is 17.2. The Morgan fingerprint density at radius 3 is 1.75 bits per heavy atom. The molecule has 0 fully saturated rings. The average Bonchev–Trinajstić information content (AvgIpc) is 2.45. The Bertz CT molecular complexity index is 347. The van der Waals surface area contributed by atoms with Crippen LogP contribution in [0.1, 0.15) is 83.4 Å². The van der Waals surface area contributed by atoms with Crippen LogP contribution in [0.3, 0.4) is 0 Å². The quantitative estimate of drug-likeness (QED) is 0.611. The van der Waals surface area contributed by atoms with Gasteiger partial charge in [0.2, 0.25) is 0 Å². The van der Waals surface area contributed by atoms with Gasteiger partial charge in [-0.25, -0.2) is 0 Å². The van der Waals surface area contributed by atoms with Crippen molar-refractivity contribution in [1.82, 2.24) is 5.32 Å². The summed E-state index contributed by atoms with van der Waals surface area (Å²) in [5.74, 6) is 1.37. The van der Waals surface area contributed by atoms with Crippen LogP contribution in [0.2, 0.25) is 0 Å². The summed E-state index contributed by atoms with van der Waals surface area (Å²) in [6, 6.07) is 9.79. The van der Waals surface area contributed by atoms with E-state index in [1.807, 2.05) is 0 Å². The third-order valence-electron chi connectivity index (χ3n) is 4.18. The van der Waals surface area contributed by atoms with Crippen LogP contribution in [-0.4, -0.2) is 6.54 Å². The van der Waals surface area contributed by atoms with Crippen LogP contribution in [0.4, 0.5) is 0 Å². The normalized spacial score (nSPS) is 13.2. The Balaban J connectivity index is 2.92. The van der Waals surface area contributed by atoms with Gasteiger partial charge in [-0.15, -0.1) is 0 Å². The Labute approximate surface area is 126 Å². The second kappa shape index (κ2) is 9.18. The third kappa shape index (κ3) is 4.94. The van der Waals surface area contributed by atoms with E-state index in [0.29, 0.717) is 12.0 Å². The first-order valence-corrected chi connectivity index (χ1v) is 8.47. The Hall–Kier alpha value is -0.820. The van der Waals surface area contributed by atoms with Crippen LogP contribution in [0.5, 0.6) is 0 Å². The van der Waals surface area contributed by atoms with Crippen LogP contribution in [0, 0.1) is 5.92 Å². The Kier molecular flexibility index (Phi) is 7.91. The third-order valence-corrected chi connectivity index (χ3v) is 4.18. The molecule has 0 aliphatic carbocycles. The van der Waals surface area contributed by atoms with Gasteiger partial charge in [-0.3, -0.25) is 0 Å². The van der Waals surface area contributed by atoms with Crippen molar-refractivity contribution in [1.29, 1.82) is 0 Å². The Morgan fingerprint density at radius 1 is 0.850 bits per heavy atom. The number of hydrogen-bond donors (Lipinski definition) is 1. The monoisotopic (exact) mass is 275 g/mol. The van der Waals surface area contributed by atoms with Crippen LogP contribution in [0.25, 0.3) is 0 Å². The molecule has 0 radical (unpaired) electrons. The summed E-state index contributed by atoms with van der Waals surface area (Å²) in [5.41, 5.74) is 2.90. The maximum Gasteiger partial charge on any atom is 0.0348 e. The summed E-state index contributed by atoms with van der Waals surface area (Å²) in [4.78, 5) is 0. The Morgan fingerprint density at radius 2 is 1.35 bits per heavy atom. The molecule has 0 amide bonds. The maximum absolute atomic E-state index is 3.72. The van der Waals surface area contributed by atoms with Gasteiger partial charge in [-0.1, -0.05) is 71.7 Å². The predicted molar refractivity (Wildman–Crippen MR) is 90.3 cm³/mol. The highest BCUT2D eigenvalue weighted by Gasteiger charge is 2.21. The molecule has 0 aromatic heterocycles. The molecule has 1 atom stereocenters. The van der Waals surface area contributed by atoms with Crippen molar-refractivity contribution in [2.75, 3.05) is 6.54 Å². The fourth-order valence-electron chi connectivity index (χ4n) is 3.08.